The van der Waals surface area contributed by atoms with Gasteiger partial charge in [0.05, 0.1) is 18.0 Å². The summed E-state index contributed by atoms with van der Waals surface area (Å²) in [6.07, 6.45) is 3.93. The fourth-order valence-corrected chi connectivity index (χ4v) is 4.19. The number of hydrogen-bond donors (Lipinski definition) is 1. The van der Waals surface area contributed by atoms with Crippen LogP contribution in [0.25, 0.3) is 16.8 Å². The van der Waals surface area contributed by atoms with Crippen LogP contribution in [0.3, 0.4) is 0 Å². The van der Waals surface area contributed by atoms with Crippen LogP contribution in [0.5, 0.6) is 5.75 Å². The fraction of sp³-hybridized carbons (Fsp3) is 0.125. The average molecular weight is 403 g/mol. The highest BCUT2D eigenvalue weighted by Crippen LogP contribution is 2.36. The molecule has 0 saturated carbocycles. The first-order chi connectivity index (χ1) is 14.2. The molecule has 0 aliphatic rings. The van der Waals surface area contributed by atoms with Crippen LogP contribution in [-0.2, 0) is 0 Å². The highest BCUT2D eigenvalue weighted by molar-refractivity contribution is 7.13. The van der Waals surface area contributed by atoms with Crippen LogP contribution in [0.2, 0.25) is 0 Å². The molecule has 1 N–H and O–H groups in total. The maximum atomic E-state index is 13.2. The van der Waals surface area contributed by atoms with Crippen molar-refractivity contribution in [2.75, 3.05) is 11.9 Å². The maximum Gasteiger partial charge on any atom is 0.268 e. The van der Waals surface area contributed by atoms with Gasteiger partial charge in [-0.15, -0.1) is 11.3 Å². The Kier molecular flexibility index (Phi) is 5.49. The van der Waals surface area contributed by atoms with Crippen LogP contribution >= 0.6 is 11.3 Å². The van der Waals surface area contributed by atoms with E-state index in [9.17, 15) is 4.79 Å². The van der Waals surface area contributed by atoms with E-state index in [0.29, 0.717) is 22.9 Å². The lowest BCUT2D eigenvalue weighted by Crippen LogP contribution is -2.14. The topological polar surface area (TPSA) is 43.3 Å². The molecule has 4 aromatic rings. The van der Waals surface area contributed by atoms with E-state index in [2.05, 4.69) is 36.5 Å². The second kappa shape index (κ2) is 8.37. The lowest BCUT2D eigenvalue weighted by molar-refractivity contribution is 0.103. The Hall–Kier alpha value is -3.31. The Morgan fingerprint density at radius 2 is 1.76 bits per heavy atom. The number of thiophene rings is 1. The number of benzene rings is 2. The summed E-state index contributed by atoms with van der Waals surface area (Å²) >= 11 is 1.45. The largest absolute Gasteiger partial charge is 0.492 e. The molecule has 0 bridgehead atoms. The normalized spacial score (nSPS) is 10.7. The summed E-state index contributed by atoms with van der Waals surface area (Å²) in [5.41, 5.74) is 4.88. The van der Waals surface area contributed by atoms with E-state index < -0.39 is 0 Å². The van der Waals surface area contributed by atoms with E-state index in [1.165, 1.54) is 16.9 Å². The van der Waals surface area contributed by atoms with Crippen LogP contribution in [0.15, 0.2) is 78.4 Å². The monoisotopic (exact) mass is 402 g/mol. The van der Waals surface area contributed by atoms with Crippen molar-refractivity contribution in [3.05, 3.63) is 88.9 Å². The minimum atomic E-state index is -0.149. The summed E-state index contributed by atoms with van der Waals surface area (Å²) in [7, 11) is 0. The molecule has 0 unspecified atom stereocenters. The van der Waals surface area contributed by atoms with Crippen molar-refractivity contribution in [2.24, 2.45) is 0 Å². The van der Waals surface area contributed by atoms with Gasteiger partial charge in [-0.3, -0.25) is 4.79 Å². The molecule has 0 aliphatic carbocycles. The molecule has 0 atom stereocenters. The van der Waals surface area contributed by atoms with E-state index in [4.69, 9.17) is 4.74 Å². The number of nitrogens with one attached hydrogen (secondary N) is 1. The summed E-state index contributed by atoms with van der Waals surface area (Å²) < 4.78 is 7.64. The molecule has 0 fully saturated rings. The lowest BCUT2D eigenvalue weighted by atomic mass is 10.0. The Labute approximate surface area is 174 Å². The predicted molar refractivity (Wildman–Crippen MR) is 119 cm³/mol. The Morgan fingerprint density at radius 1 is 1.03 bits per heavy atom. The van der Waals surface area contributed by atoms with Crippen molar-refractivity contribution < 1.29 is 9.53 Å². The molecule has 4 nitrogen and oxygen atoms in total. The molecule has 4 rings (SSSR count). The van der Waals surface area contributed by atoms with E-state index in [0.717, 1.165) is 16.8 Å². The number of ether oxygens (including phenoxy) is 1. The molecule has 0 radical (unpaired) electrons. The van der Waals surface area contributed by atoms with Crippen molar-refractivity contribution in [3.63, 3.8) is 0 Å². The number of anilines is 1. The molecular formula is C24H22N2O2S. The van der Waals surface area contributed by atoms with Crippen LogP contribution in [-0.4, -0.2) is 17.1 Å². The minimum absolute atomic E-state index is 0.149. The third-order valence-corrected chi connectivity index (χ3v) is 5.60. The predicted octanol–water partition coefficient (Wildman–Crippen LogP) is 6.17. The van der Waals surface area contributed by atoms with Crippen LogP contribution in [0, 0.1) is 6.92 Å². The summed E-state index contributed by atoms with van der Waals surface area (Å²) in [6, 6.07) is 19.8. The summed E-state index contributed by atoms with van der Waals surface area (Å²) in [4.78, 5) is 13.9. The van der Waals surface area contributed by atoms with Gasteiger partial charge in [0.15, 0.2) is 0 Å². The number of carbonyl (C=O) groups excluding carboxylic acids is 1. The highest BCUT2D eigenvalue weighted by atomic mass is 32.1. The van der Waals surface area contributed by atoms with Gasteiger partial charge in [0.1, 0.15) is 10.6 Å². The van der Waals surface area contributed by atoms with Crippen LogP contribution in [0.4, 0.5) is 5.69 Å². The molecule has 2 heterocycles. The first kappa shape index (κ1) is 19.0. The van der Waals surface area contributed by atoms with E-state index in [-0.39, 0.29) is 5.91 Å². The van der Waals surface area contributed by atoms with Gasteiger partial charge in [0, 0.05) is 23.3 Å². The number of rotatable bonds is 6. The Morgan fingerprint density at radius 3 is 2.48 bits per heavy atom. The second-order valence-corrected chi connectivity index (χ2v) is 7.55. The third kappa shape index (κ3) is 3.96. The van der Waals surface area contributed by atoms with Gasteiger partial charge in [0.2, 0.25) is 0 Å². The molecule has 0 saturated heterocycles. The zero-order valence-electron chi connectivity index (χ0n) is 16.4. The quantitative estimate of drug-likeness (QED) is 0.419. The first-order valence-electron chi connectivity index (χ1n) is 9.52. The molecule has 2 aromatic heterocycles. The van der Waals surface area contributed by atoms with E-state index >= 15 is 0 Å². The van der Waals surface area contributed by atoms with Gasteiger partial charge in [-0.25, -0.2) is 0 Å². The van der Waals surface area contributed by atoms with Gasteiger partial charge >= 0.3 is 0 Å². The molecule has 146 valence electrons. The fourth-order valence-electron chi connectivity index (χ4n) is 3.22. The SMILES string of the molecule is CCOc1ccccc1NC(=O)c1scc(-c2ccc(C)cc2)c1-n1cccc1. The van der Waals surface area contributed by atoms with Crippen molar-refractivity contribution in [1.29, 1.82) is 0 Å². The minimum Gasteiger partial charge on any atom is -0.492 e. The van der Waals surface area contributed by atoms with Crippen molar-refractivity contribution in [2.45, 2.75) is 13.8 Å². The maximum absolute atomic E-state index is 13.2. The van der Waals surface area contributed by atoms with Crippen LogP contribution < -0.4 is 10.1 Å². The number of aryl methyl sites for hydroxylation is 1. The molecular weight excluding hydrogens is 380 g/mol. The van der Waals surface area contributed by atoms with Gasteiger partial charge in [-0.05, 0) is 43.7 Å². The van der Waals surface area contributed by atoms with Gasteiger partial charge in [-0.1, -0.05) is 42.0 Å². The molecule has 5 heteroatoms. The average Bonchev–Trinajstić information content (AvgIpc) is 3.40. The van der Waals surface area contributed by atoms with Crippen molar-refractivity contribution in [3.8, 4) is 22.6 Å². The zero-order valence-corrected chi connectivity index (χ0v) is 17.2. The molecule has 29 heavy (non-hydrogen) atoms. The standard InChI is InChI=1S/C24H22N2O2S/c1-3-28-21-9-5-4-8-20(21)25-24(27)23-22(26-14-6-7-15-26)19(16-29-23)18-12-10-17(2)11-13-18/h4-16H,3H2,1-2H3,(H,25,27). The van der Waals surface area contributed by atoms with Crippen LogP contribution in [0.1, 0.15) is 22.2 Å². The van der Waals surface area contributed by atoms with Gasteiger partial charge in [0.25, 0.3) is 5.91 Å². The summed E-state index contributed by atoms with van der Waals surface area (Å²) in [5.74, 6) is 0.519. The van der Waals surface area contributed by atoms with Crippen molar-refractivity contribution in [1.82, 2.24) is 4.57 Å². The summed E-state index contributed by atoms with van der Waals surface area (Å²) in [6.45, 7) is 4.53. The number of aromatic nitrogens is 1. The van der Waals surface area contributed by atoms with Crippen molar-refractivity contribution >= 4 is 22.9 Å². The molecule has 1 amide bonds. The molecule has 0 spiro atoms. The first-order valence-corrected chi connectivity index (χ1v) is 10.4. The molecule has 0 aliphatic heterocycles. The second-order valence-electron chi connectivity index (χ2n) is 6.67. The lowest BCUT2D eigenvalue weighted by Gasteiger charge is -2.13. The van der Waals surface area contributed by atoms with Gasteiger partial charge in [-0.2, -0.15) is 0 Å². The van der Waals surface area contributed by atoms with E-state index in [1.54, 1.807) is 0 Å². The number of amides is 1. The molecule has 2 aromatic carbocycles. The smallest absolute Gasteiger partial charge is 0.268 e. The number of carbonyl (C=O) groups is 1. The third-order valence-electron chi connectivity index (χ3n) is 4.63. The zero-order chi connectivity index (χ0) is 20.2. The number of hydrogen-bond acceptors (Lipinski definition) is 3. The Balaban J connectivity index is 1.74. The highest BCUT2D eigenvalue weighted by Gasteiger charge is 2.21. The number of para-hydroxylation sites is 2. The Bertz CT molecular complexity index is 1110. The van der Waals surface area contributed by atoms with Gasteiger partial charge < -0.3 is 14.6 Å². The van der Waals surface area contributed by atoms with E-state index in [1.807, 2.05) is 65.7 Å². The number of nitrogens with zero attached hydrogens (tertiary/aromatic N) is 1. The summed E-state index contributed by atoms with van der Waals surface area (Å²) in [5, 5.41) is 5.07.